The lowest BCUT2D eigenvalue weighted by Crippen LogP contribution is -1.82. The summed E-state index contributed by atoms with van der Waals surface area (Å²) in [5.74, 6) is 5.51. The molecule has 0 fully saturated rings. The molecule has 0 saturated carbocycles. The fourth-order valence-electron chi connectivity index (χ4n) is 1.38. The average molecular weight is 209 g/mol. The van der Waals surface area contributed by atoms with Crippen LogP contribution in [0.25, 0.3) is 11.0 Å². The van der Waals surface area contributed by atoms with Crippen molar-refractivity contribution in [2.75, 3.05) is 0 Å². The van der Waals surface area contributed by atoms with Gasteiger partial charge in [0, 0.05) is 28.9 Å². The van der Waals surface area contributed by atoms with Crippen LogP contribution in [-0.2, 0) is 0 Å². The van der Waals surface area contributed by atoms with E-state index in [4.69, 9.17) is 5.26 Å². The molecule has 0 saturated heterocycles. The number of pyridine rings is 1. The van der Waals surface area contributed by atoms with Crippen LogP contribution < -0.4 is 0 Å². The Morgan fingerprint density at radius 3 is 3.19 bits per heavy atom. The van der Waals surface area contributed by atoms with Crippen molar-refractivity contribution in [1.82, 2.24) is 9.97 Å². The summed E-state index contributed by atoms with van der Waals surface area (Å²) in [4.78, 5) is 17.7. The van der Waals surface area contributed by atoms with Crippen LogP contribution in [0.4, 0.5) is 0 Å². The van der Waals surface area contributed by atoms with Gasteiger partial charge in [-0.25, -0.2) is 4.98 Å². The number of hydrogen-bond acceptors (Lipinski definition) is 3. The van der Waals surface area contributed by atoms with Gasteiger partial charge >= 0.3 is 0 Å². The molecule has 76 valence electrons. The highest BCUT2D eigenvalue weighted by Gasteiger charge is 2.03. The van der Waals surface area contributed by atoms with Crippen LogP contribution in [0.2, 0.25) is 0 Å². The minimum Gasteiger partial charge on any atom is -0.345 e. The maximum atomic E-state index is 10.7. The molecule has 0 aliphatic rings. The first-order chi connectivity index (χ1) is 7.85. The molecule has 0 unspecified atom stereocenters. The van der Waals surface area contributed by atoms with Crippen LogP contribution in [0, 0.1) is 23.2 Å². The Kier molecular flexibility index (Phi) is 2.67. The fourth-order valence-corrected chi connectivity index (χ4v) is 1.38. The number of fused-ring (bicyclic) bond motifs is 1. The Bertz CT molecular complexity index is 638. The Morgan fingerprint density at radius 1 is 1.56 bits per heavy atom. The van der Waals surface area contributed by atoms with Crippen LogP contribution in [0.3, 0.4) is 0 Å². The van der Waals surface area contributed by atoms with Crippen molar-refractivity contribution < 1.29 is 4.79 Å². The fraction of sp³-hybridized carbons (Fsp3) is 0.0833. The first kappa shape index (κ1) is 9.95. The summed E-state index contributed by atoms with van der Waals surface area (Å²) in [6, 6.07) is 3.72. The molecule has 0 aliphatic carbocycles. The zero-order valence-corrected chi connectivity index (χ0v) is 8.32. The third-order valence-corrected chi connectivity index (χ3v) is 2.09. The molecule has 2 aromatic heterocycles. The summed E-state index contributed by atoms with van der Waals surface area (Å²) < 4.78 is 0. The van der Waals surface area contributed by atoms with Crippen LogP contribution in [0.1, 0.15) is 22.3 Å². The Morgan fingerprint density at radius 2 is 2.44 bits per heavy atom. The van der Waals surface area contributed by atoms with Gasteiger partial charge in [0.1, 0.15) is 5.65 Å². The molecule has 0 spiro atoms. The molecule has 2 aromatic rings. The molecule has 0 aliphatic heterocycles. The van der Waals surface area contributed by atoms with Gasteiger partial charge in [-0.15, -0.1) is 0 Å². The molecule has 0 radical (unpaired) electrons. The molecular weight excluding hydrogens is 202 g/mol. The quantitative estimate of drug-likeness (QED) is 0.573. The van der Waals surface area contributed by atoms with Gasteiger partial charge in [0.15, 0.2) is 6.29 Å². The lowest BCUT2D eigenvalue weighted by atomic mass is 10.2. The first-order valence-corrected chi connectivity index (χ1v) is 4.63. The van der Waals surface area contributed by atoms with Gasteiger partial charge < -0.3 is 4.98 Å². The molecule has 16 heavy (non-hydrogen) atoms. The number of hydrogen-bond donors (Lipinski definition) is 1. The van der Waals surface area contributed by atoms with E-state index in [9.17, 15) is 4.79 Å². The molecule has 0 atom stereocenters. The number of H-pyrrole nitrogens is 1. The van der Waals surface area contributed by atoms with E-state index in [-0.39, 0.29) is 6.42 Å². The molecule has 2 rings (SSSR count). The third-order valence-electron chi connectivity index (χ3n) is 2.09. The minimum atomic E-state index is 0.186. The second-order valence-electron chi connectivity index (χ2n) is 3.12. The normalized spacial score (nSPS) is 9.19. The topological polar surface area (TPSA) is 69.5 Å². The summed E-state index contributed by atoms with van der Waals surface area (Å²) in [6.07, 6.45) is 4.17. The van der Waals surface area contributed by atoms with Crippen molar-refractivity contribution in [2.24, 2.45) is 0 Å². The number of rotatable bonds is 1. The summed E-state index contributed by atoms with van der Waals surface area (Å²) in [5, 5.41) is 9.09. The van der Waals surface area contributed by atoms with E-state index in [1.807, 2.05) is 6.07 Å². The van der Waals surface area contributed by atoms with E-state index >= 15 is 0 Å². The number of aldehydes is 1. The number of aromatic amines is 1. The number of carbonyl (C=O) groups excluding carboxylic acids is 1. The molecule has 2 heterocycles. The van der Waals surface area contributed by atoms with E-state index in [0.717, 1.165) is 11.7 Å². The van der Waals surface area contributed by atoms with E-state index in [1.54, 1.807) is 18.5 Å². The van der Waals surface area contributed by atoms with E-state index in [2.05, 4.69) is 21.8 Å². The summed E-state index contributed by atoms with van der Waals surface area (Å²) in [5.41, 5.74) is 1.92. The zero-order valence-electron chi connectivity index (χ0n) is 8.32. The lowest BCUT2D eigenvalue weighted by molar-refractivity contribution is 0.112. The van der Waals surface area contributed by atoms with Crippen molar-refractivity contribution in [3.63, 3.8) is 0 Å². The number of carbonyl (C=O) groups is 1. The number of aromatic nitrogens is 2. The van der Waals surface area contributed by atoms with Crippen LogP contribution >= 0.6 is 0 Å². The van der Waals surface area contributed by atoms with Gasteiger partial charge in [0.2, 0.25) is 0 Å². The maximum Gasteiger partial charge on any atom is 0.152 e. The molecular formula is C12H7N3O. The van der Waals surface area contributed by atoms with Crippen molar-refractivity contribution in [1.29, 1.82) is 5.26 Å². The monoisotopic (exact) mass is 209 g/mol. The van der Waals surface area contributed by atoms with E-state index in [1.165, 1.54) is 0 Å². The molecule has 4 heteroatoms. The Balaban J connectivity index is 2.47. The van der Waals surface area contributed by atoms with Gasteiger partial charge in [-0.1, -0.05) is 11.8 Å². The second kappa shape index (κ2) is 4.29. The smallest absolute Gasteiger partial charge is 0.152 e. The predicted molar refractivity (Wildman–Crippen MR) is 58.6 cm³/mol. The largest absolute Gasteiger partial charge is 0.345 e. The predicted octanol–water partition coefficient (Wildman–Crippen LogP) is 1.64. The van der Waals surface area contributed by atoms with Crippen molar-refractivity contribution in [3.8, 4) is 17.9 Å². The van der Waals surface area contributed by atoms with Gasteiger partial charge in [-0.2, -0.15) is 5.26 Å². The number of nitrogens with zero attached hydrogens (tertiary/aromatic N) is 2. The standard InChI is InChI=1S/C12H7N3O/c13-4-2-1-3-9-5-11-10(8-16)7-15-12(11)14-6-9/h5-8H,2H2,(H,14,15). The summed E-state index contributed by atoms with van der Waals surface area (Å²) in [7, 11) is 0. The molecule has 0 amide bonds. The lowest BCUT2D eigenvalue weighted by Gasteiger charge is -1.91. The highest BCUT2D eigenvalue weighted by molar-refractivity contribution is 5.96. The van der Waals surface area contributed by atoms with Gasteiger partial charge in [-0.3, -0.25) is 4.79 Å². The highest BCUT2D eigenvalue weighted by atomic mass is 16.1. The second-order valence-corrected chi connectivity index (χ2v) is 3.12. The van der Waals surface area contributed by atoms with Crippen LogP contribution in [0.5, 0.6) is 0 Å². The van der Waals surface area contributed by atoms with Crippen molar-refractivity contribution in [3.05, 3.63) is 29.6 Å². The minimum absolute atomic E-state index is 0.186. The molecule has 1 N–H and O–H groups in total. The Hall–Kier alpha value is -2.59. The van der Waals surface area contributed by atoms with Crippen LogP contribution in [0.15, 0.2) is 18.5 Å². The van der Waals surface area contributed by atoms with Gasteiger partial charge in [0.25, 0.3) is 0 Å². The number of nitriles is 1. The summed E-state index contributed by atoms with van der Waals surface area (Å²) >= 11 is 0. The van der Waals surface area contributed by atoms with Gasteiger partial charge in [0.05, 0.1) is 12.5 Å². The molecule has 4 nitrogen and oxygen atoms in total. The average Bonchev–Trinajstić information content (AvgIpc) is 2.71. The van der Waals surface area contributed by atoms with Gasteiger partial charge in [-0.05, 0) is 6.07 Å². The zero-order chi connectivity index (χ0) is 11.4. The van der Waals surface area contributed by atoms with Crippen LogP contribution in [-0.4, -0.2) is 16.3 Å². The maximum absolute atomic E-state index is 10.7. The van der Waals surface area contributed by atoms with E-state index in [0.29, 0.717) is 16.8 Å². The highest BCUT2D eigenvalue weighted by Crippen LogP contribution is 2.15. The first-order valence-electron chi connectivity index (χ1n) is 4.63. The van der Waals surface area contributed by atoms with E-state index < -0.39 is 0 Å². The van der Waals surface area contributed by atoms with Crippen molar-refractivity contribution >= 4 is 17.3 Å². The molecule has 0 aromatic carbocycles. The van der Waals surface area contributed by atoms with Crippen molar-refractivity contribution in [2.45, 2.75) is 6.42 Å². The number of nitrogens with one attached hydrogen (secondary N) is 1. The molecule has 0 bridgehead atoms. The Labute approximate surface area is 91.9 Å². The summed E-state index contributed by atoms with van der Waals surface area (Å²) in [6.45, 7) is 0. The SMILES string of the molecule is N#CCC#Cc1cnc2[nH]cc(C=O)c2c1. The third kappa shape index (κ3) is 1.77.